The number of aliphatic hydroxyl groups is 2. The summed E-state index contributed by atoms with van der Waals surface area (Å²) in [7, 11) is 0. The molecule has 25 heavy (non-hydrogen) atoms. The number of hydrogen-bond donors (Lipinski definition) is 2. The van der Waals surface area contributed by atoms with Crippen LogP contribution in [0, 0.1) is 6.92 Å². The Hall–Kier alpha value is -2.08. The van der Waals surface area contributed by atoms with Crippen LogP contribution in [0.1, 0.15) is 30.4 Å². The van der Waals surface area contributed by atoms with E-state index in [4.69, 9.17) is 9.52 Å². The van der Waals surface area contributed by atoms with Gasteiger partial charge in [-0.3, -0.25) is 0 Å². The van der Waals surface area contributed by atoms with Gasteiger partial charge in [0.15, 0.2) is 5.89 Å². The van der Waals surface area contributed by atoms with Crippen LogP contribution in [0.5, 0.6) is 0 Å². The summed E-state index contributed by atoms with van der Waals surface area (Å²) in [6.07, 6.45) is 2.33. The van der Waals surface area contributed by atoms with Crippen LogP contribution < -0.4 is 0 Å². The average Bonchev–Trinajstić information content (AvgIpc) is 3.07. The molecule has 0 saturated carbocycles. The Balaban J connectivity index is 1.64. The molecule has 0 aliphatic carbocycles. The van der Waals surface area contributed by atoms with Crippen LogP contribution in [0.15, 0.2) is 69.0 Å². The van der Waals surface area contributed by atoms with Gasteiger partial charge >= 0.3 is 0 Å². The van der Waals surface area contributed by atoms with Gasteiger partial charge in [0.05, 0.1) is 6.10 Å². The second kappa shape index (κ2) is 8.34. The van der Waals surface area contributed by atoms with Gasteiger partial charge in [-0.05, 0) is 42.7 Å². The minimum Gasteiger partial charge on any atom is -0.449 e. The minimum absolute atomic E-state index is 0.106. The summed E-state index contributed by atoms with van der Waals surface area (Å²) in [6.45, 7) is 1.94. The molecule has 1 aromatic heterocycles. The van der Waals surface area contributed by atoms with Crippen molar-refractivity contribution in [3.05, 3.63) is 66.2 Å². The maximum absolute atomic E-state index is 10.0. The number of aromatic nitrogens is 1. The van der Waals surface area contributed by atoms with Crippen molar-refractivity contribution in [2.45, 2.75) is 35.7 Å². The molecule has 0 bridgehead atoms. The van der Waals surface area contributed by atoms with E-state index in [2.05, 4.69) is 17.1 Å². The second-order valence-electron chi connectivity index (χ2n) is 5.83. The molecule has 0 aliphatic rings. The van der Waals surface area contributed by atoms with Crippen molar-refractivity contribution in [1.82, 2.24) is 4.98 Å². The van der Waals surface area contributed by atoms with E-state index < -0.39 is 6.10 Å². The fraction of sp³-hybridized carbons (Fsp3) is 0.250. The van der Waals surface area contributed by atoms with Gasteiger partial charge in [0.25, 0.3) is 0 Å². The molecule has 130 valence electrons. The standard InChI is InChI=1S/C20H21NO3S/c1-14-21-19(13-24-14)15-4-8-17(9-5-15)25-18-10-6-16(7-11-18)20(23)3-2-12-22/h4-11,13,20,22-23H,2-3,12H2,1H3. The van der Waals surface area contributed by atoms with Crippen molar-refractivity contribution in [3.8, 4) is 11.3 Å². The first kappa shape index (κ1) is 17.7. The predicted octanol–water partition coefficient (Wildman–Crippen LogP) is 4.61. The van der Waals surface area contributed by atoms with Gasteiger partial charge in [0.2, 0.25) is 0 Å². The highest BCUT2D eigenvalue weighted by molar-refractivity contribution is 7.99. The molecule has 0 radical (unpaired) electrons. The Morgan fingerprint density at radius 1 is 1.04 bits per heavy atom. The Labute approximate surface area is 151 Å². The third-order valence-corrected chi connectivity index (χ3v) is 4.92. The zero-order valence-corrected chi connectivity index (χ0v) is 14.9. The first-order chi connectivity index (χ1) is 12.2. The molecule has 0 spiro atoms. The Bertz CT molecular complexity index is 797. The predicted molar refractivity (Wildman–Crippen MR) is 98.5 cm³/mol. The summed E-state index contributed by atoms with van der Waals surface area (Å²) in [5, 5.41) is 18.9. The highest BCUT2D eigenvalue weighted by Crippen LogP contribution is 2.31. The normalized spacial score (nSPS) is 12.3. The number of hydrogen-bond acceptors (Lipinski definition) is 5. The van der Waals surface area contributed by atoms with E-state index in [0.717, 1.165) is 26.6 Å². The highest BCUT2D eigenvalue weighted by atomic mass is 32.2. The van der Waals surface area contributed by atoms with Gasteiger partial charge in [0, 0.05) is 28.9 Å². The molecular formula is C20H21NO3S. The smallest absolute Gasteiger partial charge is 0.191 e. The molecule has 0 aliphatic heterocycles. The van der Waals surface area contributed by atoms with Crippen molar-refractivity contribution in [3.63, 3.8) is 0 Å². The first-order valence-corrected chi connectivity index (χ1v) is 9.06. The van der Waals surface area contributed by atoms with Crippen LogP contribution in [0.3, 0.4) is 0 Å². The van der Waals surface area contributed by atoms with Crippen molar-refractivity contribution in [2.75, 3.05) is 6.61 Å². The number of oxazole rings is 1. The quantitative estimate of drug-likeness (QED) is 0.648. The number of aryl methyl sites for hydroxylation is 1. The summed E-state index contributed by atoms with van der Waals surface area (Å²) >= 11 is 1.67. The van der Waals surface area contributed by atoms with Crippen LogP contribution in [0.25, 0.3) is 11.3 Å². The van der Waals surface area contributed by atoms with Crippen LogP contribution in [0.4, 0.5) is 0 Å². The molecule has 0 amide bonds. The molecule has 1 atom stereocenters. The van der Waals surface area contributed by atoms with E-state index in [0.29, 0.717) is 18.7 Å². The molecule has 2 aromatic carbocycles. The maximum atomic E-state index is 10.0. The number of benzene rings is 2. The lowest BCUT2D eigenvalue weighted by Crippen LogP contribution is -1.98. The highest BCUT2D eigenvalue weighted by Gasteiger charge is 2.08. The Kier molecular flexibility index (Phi) is 5.91. The summed E-state index contributed by atoms with van der Waals surface area (Å²) in [6, 6.07) is 16.1. The maximum Gasteiger partial charge on any atom is 0.191 e. The minimum atomic E-state index is -0.517. The Morgan fingerprint density at radius 2 is 1.68 bits per heavy atom. The van der Waals surface area contributed by atoms with E-state index >= 15 is 0 Å². The number of nitrogens with zero attached hydrogens (tertiary/aromatic N) is 1. The SMILES string of the molecule is Cc1nc(-c2ccc(Sc3ccc(C(O)CCCO)cc3)cc2)co1. The van der Waals surface area contributed by atoms with Gasteiger partial charge in [-0.25, -0.2) is 4.98 Å². The Morgan fingerprint density at radius 3 is 2.24 bits per heavy atom. The van der Waals surface area contributed by atoms with Crippen LogP contribution in [-0.4, -0.2) is 21.8 Å². The van der Waals surface area contributed by atoms with Gasteiger partial charge < -0.3 is 14.6 Å². The largest absolute Gasteiger partial charge is 0.449 e. The topological polar surface area (TPSA) is 66.5 Å². The fourth-order valence-corrected chi connectivity index (χ4v) is 3.35. The van der Waals surface area contributed by atoms with Crippen LogP contribution in [-0.2, 0) is 0 Å². The van der Waals surface area contributed by atoms with Crippen molar-refractivity contribution in [1.29, 1.82) is 0 Å². The molecule has 2 N–H and O–H groups in total. The van der Waals surface area contributed by atoms with Crippen LogP contribution in [0.2, 0.25) is 0 Å². The van der Waals surface area contributed by atoms with Gasteiger partial charge in [-0.15, -0.1) is 0 Å². The number of rotatable bonds is 7. The third-order valence-electron chi connectivity index (χ3n) is 3.91. The monoisotopic (exact) mass is 355 g/mol. The van der Waals surface area contributed by atoms with Crippen molar-refractivity contribution >= 4 is 11.8 Å². The van der Waals surface area contributed by atoms with Crippen molar-refractivity contribution in [2.24, 2.45) is 0 Å². The molecule has 1 unspecified atom stereocenters. The molecular weight excluding hydrogens is 334 g/mol. The molecule has 4 nitrogen and oxygen atoms in total. The summed E-state index contributed by atoms with van der Waals surface area (Å²) < 4.78 is 5.25. The zero-order valence-electron chi connectivity index (χ0n) is 14.1. The second-order valence-corrected chi connectivity index (χ2v) is 6.98. The summed E-state index contributed by atoms with van der Waals surface area (Å²) in [4.78, 5) is 6.58. The van der Waals surface area contributed by atoms with E-state index in [9.17, 15) is 5.11 Å². The molecule has 1 heterocycles. The molecule has 0 fully saturated rings. The molecule has 5 heteroatoms. The summed E-state index contributed by atoms with van der Waals surface area (Å²) in [5.74, 6) is 0.662. The van der Waals surface area contributed by atoms with E-state index in [1.54, 1.807) is 18.0 Å². The van der Waals surface area contributed by atoms with Crippen molar-refractivity contribution < 1.29 is 14.6 Å². The third kappa shape index (κ3) is 4.72. The number of aliphatic hydroxyl groups excluding tert-OH is 2. The molecule has 3 rings (SSSR count). The lowest BCUT2D eigenvalue weighted by Gasteiger charge is -2.11. The van der Waals surface area contributed by atoms with E-state index in [-0.39, 0.29) is 6.61 Å². The summed E-state index contributed by atoms with van der Waals surface area (Å²) in [5.41, 5.74) is 2.76. The molecule has 0 saturated heterocycles. The van der Waals surface area contributed by atoms with Gasteiger partial charge in [0.1, 0.15) is 12.0 Å². The van der Waals surface area contributed by atoms with Crippen LogP contribution >= 0.6 is 11.8 Å². The first-order valence-electron chi connectivity index (χ1n) is 8.25. The molecule has 3 aromatic rings. The lowest BCUT2D eigenvalue weighted by molar-refractivity contribution is 0.152. The van der Waals surface area contributed by atoms with E-state index in [1.807, 2.05) is 43.3 Å². The van der Waals surface area contributed by atoms with E-state index in [1.165, 1.54) is 0 Å². The van der Waals surface area contributed by atoms with Gasteiger partial charge in [-0.2, -0.15) is 0 Å². The fourth-order valence-electron chi connectivity index (χ4n) is 2.54. The lowest BCUT2D eigenvalue weighted by atomic mass is 10.1. The van der Waals surface area contributed by atoms with Gasteiger partial charge in [-0.1, -0.05) is 36.0 Å². The zero-order chi connectivity index (χ0) is 17.6. The average molecular weight is 355 g/mol.